The maximum absolute atomic E-state index is 12.5. The Balaban J connectivity index is 1.28. The van der Waals surface area contributed by atoms with Crippen LogP contribution in [0, 0.1) is 0 Å². The second-order valence-electron chi connectivity index (χ2n) is 10.6. The number of hydrogen-bond donors (Lipinski definition) is 2. The molecule has 4 aromatic rings. The molecule has 0 spiro atoms. The molecule has 0 unspecified atom stereocenters. The number of ether oxygens (including phenoxy) is 2. The van der Waals surface area contributed by atoms with Crippen LogP contribution in [0.4, 0.5) is 26.8 Å². The van der Waals surface area contributed by atoms with Crippen LogP contribution < -0.4 is 15.5 Å². The first kappa shape index (κ1) is 28.3. The Morgan fingerprint density at radius 3 is 2.53 bits per heavy atom. The zero-order chi connectivity index (χ0) is 29.8. The smallest absolute Gasteiger partial charge is 0.409 e. The second-order valence-corrected chi connectivity index (χ2v) is 10.6. The molecule has 2 aliphatic heterocycles. The van der Waals surface area contributed by atoms with E-state index in [2.05, 4.69) is 27.4 Å². The van der Waals surface area contributed by atoms with Crippen LogP contribution in [-0.4, -0.2) is 87.3 Å². The van der Waals surface area contributed by atoms with E-state index in [0.717, 1.165) is 35.3 Å². The van der Waals surface area contributed by atoms with Crippen molar-refractivity contribution in [1.82, 2.24) is 29.6 Å². The number of benzene rings is 1. The lowest BCUT2D eigenvalue weighted by atomic mass is 10.1. The highest BCUT2D eigenvalue weighted by Gasteiger charge is 2.29. The van der Waals surface area contributed by atoms with E-state index in [1.807, 2.05) is 42.1 Å². The Bertz CT molecular complexity index is 1570. The first-order valence-corrected chi connectivity index (χ1v) is 14.6. The lowest BCUT2D eigenvalue weighted by Crippen LogP contribution is -2.44. The molecular weight excluding hydrogens is 550 g/mol. The first-order chi connectivity index (χ1) is 21.0. The van der Waals surface area contributed by atoms with E-state index in [1.165, 1.54) is 0 Å². The van der Waals surface area contributed by atoms with E-state index in [-0.39, 0.29) is 24.2 Å². The minimum atomic E-state index is -0.361. The maximum atomic E-state index is 12.5. The van der Waals surface area contributed by atoms with Crippen molar-refractivity contribution in [3.63, 3.8) is 0 Å². The molecule has 0 bridgehead atoms. The van der Waals surface area contributed by atoms with Crippen molar-refractivity contribution in [2.24, 2.45) is 0 Å². The number of nitrogens with zero attached hydrogens (tertiary/aromatic N) is 7. The zero-order valence-corrected chi connectivity index (χ0v) is 24.3. The molecule has 6 rings (SSSR count). The Morgan fingerprint density at radius 2 is 1.81 bits per heavy atom. The number of rotatable bonds is 6. The van der Waals surface area contributed by atoms with Gasteiger partial charge in [0, 0.05) is 37.1 Å². The lowest BCUT2D eigenvalue weighted by Gasteiger charge is -2.34. The molecule has 1 atom stereocenters. The van der Waals surface area contributed by atoms with Crippen LogP contribution in [0.3, 0.4) is 0 Å². The van der Waals surface area contributed by atoms with Crippen LogP contribution in [-0.2, 0) is 9.47 Å². The minimum absolute atomic E-state index is 0.0887. The van der Waals surface area contributed by atoms with Crippen molar-refractivity contribution >= 4 is 40.4 Å². The summed E-state index contributed by atoms with van der Waals surface area (Å²) in [6.07, 6.45) is 6.31. The number of fused-ring (bicyclic) bond motifs is 1. The summed E-state index contributed by atoms with van der Waals surface area (Å²) in [6, 6.07) is 10.8. The summed E-state index contributed by atoms with van der Waals surface area (Å²) in [5.74, 6) is 1.39. The van der Waals surface area contributed by atoms with E-state index in [1.54, 1.807) is 29.4 Å². The maximum Gasteiger partial charge on any atom is 0.409 e. The number of hydrogen-bond acceptors (Lipinski definition) is 9. The van der Waals surface area contributed by atoms with Gasteiger partial charge in [-0.1, -0.05) is 0 Å². The van der Waals surface area contributed by atoms with Gasteiger partial charge in [-0.15, -0.1) is 0 Å². The summed E-state index contributed by atoms with van der Waals surface area (Å²) in [4.78, 5) is 42.8. The Hall–Kier alpha value is -4.78. The summed E-state index contributed by atoms with van der Waals surface area (Å²) in [5, 5.41) is 11.3. The quantitative estimate of drug-likeness (QED) is 0.333. The molecule has 2 aliphatic rings. The highest BCUT2D eigenvalue weighted by atomic mass is 16.6. The van der Waals surface area contributed by atoms with E-state index < -0.39 is 0 Å². The molecule has 13 heteroatoms. The number of nitrogens with one attached hydrogen (secondary N) is 2. The molecule has 1 aromatic carbocycles. The van der Waals surface area contributed by atoms with Crippen LogP contribution in [0.1, 0.15) is 32.7 Å². The molecule has 3 aromatic heterocycles. The largest absolute Gasteiger partial charge is 0.450 e. The van der Waals surface area contributed by atoms with Crippen LogP contribution in [0.2, 0.25) is 0 Å². The third-order valence-electron chi connectivity index (χ3n) is 7.73. The van der Waals surface area contributed by atoms with Gasteiger partial charge in [0.25, 0.3) is 0 Å². The topological polar surface area (TPSA) is 140 Å². The molecule has 3 amide bonds. The fourth-order valence-corrected chi connectivity index (χ4v) is 5.51. The Morgan fingerprint density at radius 1 is 1.02 bits per heavy atom. The molecule has 0 saturated carbocycles. The van der Waals surface area contributed by atoms with Gasteiger partial charge in [0.05, 0.1) is 55.4 Å². The van der Waals surface area contributed by atoms with Crippen LogP contribution >= 0.6 is 0 Å². The number of urea groups is 1. The van der Waals surface area contributed by atoms with Gasteiger partial charge in [0.2, 0.25) is 0 Å². The fourth-order valence-electron chi connectivity index (χ4n) is 5.51. The summed E-state index contributed by atoms with van der Waals surface area (Å²) >= 11 is 0. The number of morpholine rings is 1. The average molecular weight is 586 g/mol. The standard InChI is InChI=1S/C30H35N9O4/c1-3-43-30(41)37-13-10-24(11-14-37)39-28-25(18-32-39)27(38-15-16-42-19-20(38)2)35-26(36-28)21-6-8-22(9-7-21)33-29(40)34-23-5-4-12-31-17-23/h4-9,12,17-18,20,24H,3,10-11,13-16,19H2,1-2H3,(H2,33,34,40)/t20-/m0/s1. The molecule has 2 fully saturated rings. The predicted molar refractivity (Wildman–Crippen MR) is 162 cm³/mol. The van der Waals surface area contributed by atoms with Gasteiger partial charge in [0.15, 0.2) is 11.5 Å². The molecular formula is C30H35N9O4. The van der Waals surface area contributed by atoms with E-state index >= 15 is 0 Å². The summed E-state index contributed by atoms with van der Waals surface area (Å²) in [7, 11) is 0. The number of likely N-dealkylation sites (tertiary alicyclic amines) is 1. The number of aromatic nitrogens is 5. The lowest BCUT2D eigenvalue weighted by molar-refractivity contribution is 0.0919. The van der Waals surface area contributed by atoms with Crippen molar-refractivity contribution in [2.45, 2.75) is 38.8 Å². The Labute approximate surface area is 249 Å². The van der Waals surface area contributed by atoms with Gasteiger partial charge < -0.3 is 29.9 Å². The minimum Gasteiger partial charge on any atom is -0.450 e. The highest BCUT2D eigenvalue weighted by Crippen LogP contribution is 2.33. The number of pyridine rings is 1. The molecule has 43 heavy (non-hydrogen) atoms. The molecule has 2 saturated heterocycles. The van der Waals surface area contributed by atoms with Gasteiger partial charge in [0.1, 0.15) is 5.82 Å². The number of amides is 3. The van der Waals surface area contributed by atoms with Crippen LogP contribution in [0.25, 0.3) is 22.4 Å². The molecule has 13 nitrogen and oxygen atoms in total. The van der Waals surface area contributed by atoms with Gasteiger partial charge in [-0.3, -0.25) is 4.98 Å². The Kier molecular flexibility index (Phi) is 8.31. The molecule has 0 radical (unpaired) electrons. The number of anilines is 3. The second kappa shape index (κ2) is 12.6. The summed E-state index contributed by atoms with van der Waals surface area (Å²) in [5.41, 5.74) is 2.80. The SMILES string of the molecule is CCOC(=O)N1CCC(n2ncc3c(N4CCOC[C@@H]4C)nc(-c4ccc(NC(=O)Nc5cccnc5)cc4)nc32)CC1. The van der Waals surface area contributed by atoms with Crippen molar-refractivity contribution in [2.75, 3.05) is 55.0 Å². The zero-order valence-electron chi connectivity index (χ0n) is 24.3. The third-order valence-corrected chi connectivity index (χ3v) is 7.73. The van der Waals surface area contributed by atoms with E-state index in [9.17, 15) is 9.59 Å². The fraction of sp³-hybridized carbons (Fsp3) is 0.400. The van der Waals surface area contributed by atoms with E-state index in [0.29, 0.717) is 56.7 Å². The predicted octanol–water partition coefficient (Wildman–Crippen LogP) is 4.55. The third kappa shape index (κ3) is 6.21. The van der Waals surface area contributed by atoms with Crippen molar-refractivity contribution in [3.8, 4) is 11.4 Å². The van der Waals surface area contributed by atoms with E-state index in [4.69, 9.17) is 24.5 Å². The highest BCUT2D eigenvalue weighted by molar-refractivity contribution is 5.99. The normalized spacial score (nSPS) is 17.6. The van der Waals surface area contributed by atoms with Gasteiger partial charge in [-0.2, -0.15) is 5.10 Å². The molecule has 0 aliphatic carbocycles. The molecule has 2 N–H and O–H groups in total. The number of carbonyl (C=O) groups excluding carboxylic acids is 2. The van der Waals surface area contributed by atoms with Crippen molar-refractivity contribution in [3.05, 3.63) is 55.0 Å². The molecule has 224 valence electrons. The molecule has 5 heterocycles. The first-order valence-electron chi connectivity index (χ1n) is 14.6. The summed E-state index contributed by atoms with van der Waals surface area (Å²) in [6.45, 7) is 7.44. The number of carbonyl (C=O) groups is 2. The van der Waals surface area contributed by atoms with Crippen molar-refractivity contribution in [1.29, 1.82) is 0 Å². The average Bonchev–Trinajstić information content (AvgIpc) is 3.46. The monoisotopic (exact) mass is 585 g/mol. The van der Waals surface area contributed by atoms with Crippen molar-refractivity contribution < 1.29 is 19.1 Å². The van der Waals surface area contributed by atoms with Crippen LogP contribution in [0.15, 0.2) is 55.0 Å². The van der Waals surface area contributed by atoms with Gasteiger partial charge in [-0.05, 0) is 63.1 Å². The number of piperidine rings is 1. The summed E-state index contributed by atoms with van der Waals surface area (Å²) < 4.78 is 12.9. The van der Waals surface area contributed by atoms with Crippen LogP contribution in [0.5, 0.6) is 0 Å². The van der Waals surface area contributed by atoms with Gasteiger partial charge >= 0.3 is 12.1 Å². The van der Waals surface area contributed by atoms with Gasteiger partial charge in [-0.25, -0.2) is 24.2 Å².